The summed E-state index contributed by atoms with van der Waals surface area (Å²) >= 11 is 0. The van der Waals surface area contributed by atoms with Crippen LogP contribution < -0.4 is 4.90 Å². The number of anilines is 2. The third-order valence-electron chi connectivity index (χ3n) is 11.2. The van der Waals surface area contributed by atoms with Crippen LogP contribution in [-0.4, -0.2) is 10.6 Å². The van der Waals surface area contributed by atoms with Gasteiger partial charge in [0, 0.05) is 34.3 Å². The number of allylic oxidation sites excluding steroid dienone is 1. The van der Waals surface area contributed by atoms with Gasteiger partial charge in [-0.25, -0.2) is 0 Å². The maximum absolute atomic E-state index is 10.5. The quantitative estimate of drug-likeness (QED) is 0.158. The summed E-state index contributed by atoms with van der Waals surface area (Å²) in [6, 6.07) is 45.1. The number of fused-ring (bicyclic) bond motifs is 4. The van der Waals surface area contributed by atoms with Crippen LogP contribution in [0.4, 0.5) is 11.4 Å². The van der Waals surface area contributed by atoms with Crippen LogP contribution in [0.2, 0.25) is 0 Å². The van der Waals surface area contributed by atoms with E-state index in [1.807, 2.05) is 30.3 Å². The van der Waals surface area contributed by atoms with E-state index in [1.165, 1.54) is 30.5 Å². The van der Waals surface area contributed by atoms with Gasteiger partial charge in [-0.15, -0.1) is 0 Å². The molecule has 0 radical (unpaired) electrons. The molecular formula is C47H39N5. The highest BCUT2D eigenvalue weighted by molar-refractivity contribution is 5.95. The molecule has 5 aromatic carbocycles. The lowest BCUT2D eigenvalue weighted by Gasteiger charge is -2.39. The Morgan fingerprint density at radius 2 is 1.56 bits per heavy atom. The number of nitriles is 3. The Labute approximate surface area is 305 Å². The highest BCUT2D eigenvalue weighted by Gasteiger charge is 2.44. The van der Waals surface area contributed by atoms with E-state index in [4.69, 9.17) is 0 Å². The molecule has 1 saturated carbocycles. The zero-order chi connectivity index (χ0) is 35.9. The van der Waals surface area contributed by atoms with Gasteiger partial charge in [0.2, 0.25) is 0 Å². The van der Waals surface area contributed by atoms with Crippen LogP contribution in [0, 0.1) is 39.9 Å². The molecule has 0 saturated heterocycles. The smallest absolute Gasteiger partial charge is 0.101 e. The first kappa shape index (κ1) is 32.8. The highest BCUT2D eigenvalue weighted by Crippen LogP contribution is 2.54. The van der Waals surface area contributed by atoms with E-state index in [9.17, 15) is 15.8 Å². The number of hydrogen-bond donors (Lipinski definition) is 0. The second kappa shape index (κ2) is 13.4. The molecular weight excluding hydrogens is 635 g/mol. The van der Waals surface area contributed by atoms with Gasteiger partial charge in [0.25, 0.3) is 0 Å². The van der Waals surface area contributed by atoms with Crippen LogP contribution in [0.5, 0.6) is 0 Å². The van der Waals surface area contributed by atoms with Crippen molar-refractivity contribution in [1.29, 1.82) is 15.8 Å². The number of aryl methyl sites for hydroxylation is 1. The van der Waals surface area contributed by atoms with Crippen molar-refractivity contribution < 1.29 is 0 Å². The van der Waals surface area contributed by atoms with E-state index in [-0.39, 0.29) is 0 Å². The Kier molecular flexibility index (Phi) is 8.47. The SMILES string of the molecule is C=C(C#N)c1c(CCC)c2cc(C#N)ccc2n1-c1ccc(-c2cccc(-c3c(C#N)cccc3N3c4ccccc4C4CCCC(C)C43)c2)cc1. The molecule has 6 aromatic rings. The van der Waals surface area contributed by atoms with Crippen molar-refractivity contribution in [3.05, 3.63) is 144 Å². The molecule has 0 N–H and O–H groups in total. The molecule has 5 heteroatoms. The molecule has 252 valence electrons. The minimum atomic E-state index is 0.352. The maximum atomic E-state index is 10.5. The summed E-state index contributed by atoms with van der Waals surface area (Å²) in [5.41, 5.74) is 13.2. The molecule has 52 heavy (non-hydrogen) atoms. The van der Waals surface area contributed by atoms with Gasteiger partial charge >= 0.3 is 0 Å². The van der Waals surface area contributed by atoms with Crippen LogP contribution in [0.1, 0.15) is 73.4 Å². The Balaban J connectivity index is 1.22. The molecule has 1 aromatic heterocycles. The van der Waals surface area contributed by atoms with Crippen LogP contribution >= 0.6 is 0 Å². The van der Waals surface area contributed by atoms with Gasteiger partial charge in [-0.1, -0.05) is 87.9 Å². The van der Waals surface area contributed by atoms with Gasteiger partial charge in [0.1, 0.15) is 6.07 Å². The van der Waals surface area contributed by atoms with Crippen molar-refractivity contribution in [2.75, 3.05) is 4.90 Å². The monoisotopic (exact) mass is 673 g/mol. The highest BCUT2D eigenvalue weighted by atomic mass is 15.2. The number of para-hydroxylation sites is 1. The molecule has 0 spiro atoms. The van der Waals surface area contributed by atoms with Crippen LogP contribution in [0.15, 0.2) is 116 Å². The van der Waals surface area contributed by atoms with Crippen LogP contribution in [0.3, 0.4) is 0 Å². The molecule has 5 nitrogen and oxygen atoms in total. The summed E-state index contributed by atoms with van der Waals surface area (Å²) in [5, 5.41) is 31.1. The first-order chi connectivity index (χ1) is 25.5. The maximum Gasteiger partial charge on any atom is 0.101 e. The predicted octanol–water partition coefficient (Wildman–Crippen LogP) is 11.6. The Morgan fingerprint density at radius 1 is 0.788 bits per heavy atom. The fourth-order valence-electron chi connectivity index (χ4n) is 9.00. The second-order valence-electron chi connectivity index (χ2n) is 14.2. The Morgan fingerprint density at radius 3 is 2.33 bits per heavy atom. The molecule has 3 atom stereocenters. The third kappa shape index (κ3) is 5.28. The first-order valence-electron chi connectivity index (χ1n) is 18.3. The fraction of sp³-hybridized carbons (Fsp3) is 0.213. The van der Waals surface area contributed by atoms with Crippen molar-refractivity contribution in [2.24, 2.45) is 5.92 Å². The van der Waals surface area contributed by atoms with Crippen molar-refractivity contribution in [3.8, 4) is 46.1 Å². The first-order valence-corrected chi connectivity index (χ1v) is 18.3. The summed E-state index contributed by atoms with van der Waals surface area (Å²) < 4.78 is 2.11. The van der Waals surface area contributed by atoms with E-state index < -0.39 is 0 Å². The van der Waals surface area contributed by atoms with E-state index in [0.29, 0.717) is 34.6 Å². The Hall–Kier alpha value is -6.35. The number of nitrogens with zero attached hydrogens (tertiary/aromatic N) is 5. The molecule has 2 aliphatic rings. The number of aromatic nitrogens is 1. The Bertz CT molecular complexity index is 2500. The lowest BCUT2D eigenvalue weighted by atomic mass is 9.76. The van der Waals surface area contributed by atoms with Crippen LogP contribution in [-0.2, 0) is 6.42 Å². The van der Waals surface area contributed by atoms with Gasteiger partial charge < -0.3 is 9.47 Å². The second-order valence-corrected chi connectivity index (χ2v) is 14.2. The molecule has 0 bridgehead atoms. The lowest BCUT2D eigenvalue weighted by Crippen LogP contribution is -2.38. The van der Waals surface area contributed by atoms with Crippen molar-refractivity contribution >= 4 is 27.9 Å². The van der Waals surface area contributed by atoms with Gasteiger partial charge in [-0.2, -0.15) is 15.8 Å². The summed E-state index contributed by atoms with van der Waals surface area (Å²) in [7, 11) is 0. The van der Waals surface area contributed by atoms with E-state index in [0.717, 1.165) is 68.6 Å². The minimum absolute atomic E-state index is 0.352. The average molecular weight is 674 g/mol. The molecule has 1 aliphatic heterocycles. The van der Waals surface area contributed by atoms with E-state index in [2.05, 4.69) is 127 Å². The summed E-state index contributed by atoms with van der Waals surface area (Å²) in [6.07, 6.45) is 5.31. The van der Waals surface area contributed by atoms with Crippen molar-refractivity contribution in [1.82, 2.24) is 4.57 Å². The number of hydrogen-bond acceptors (Lipinski definition) is 4. The average Bonchev–Trinajstić information content (AvgIpc) is 3.70. The van der Waals surface area contributed by atoms with Gasteiger partial charge in [-0.3, -0.25) is 0 Å². The molecule has 1 aliphatic carbocycles. The van der Waals surface area contributed by atoms with Gasteiger partial charge in [0.15, 0.2) is 0 Å². The summed E-state index contributed by atoms with van der Waals surface area (Å²) in [4.78, 5) is 2.54. The van der Waals surface area contributed by atoms with Gasteiger partial charge in [0.05, 0.1) is 45.7 Å². The van der Waals surface area contributed by atoms with Gasteiger partial charge in [-0.05, 0) is 108 Å². The van der Waals surface area contributed by atoms with Crippen LogP contribution in [0.25, 0.3) is 44.4 Å². The third-order valence-corrected chi connectivity index (χ3v) is 11.2. The van der Waals surface area contributed by atoms with Crippen molar-refractivity contribution in [2.45, 2.75) is 57.9 Å². The zero-order valence-corrected chi connectivity index (χ0v) is 29.6. The largest absolute Gasteiger partial charge is 0.337 e. The number of benzene rings is 5. The molecule has 2 heterocycles. The van der Waals surface area contributed by atoms with Crippen molar-refractivity contribution in [3.63, 3.8) is 0 Å². The lowest BCUT2D eigenvalue weighted by molar-refractivity contribution is 0.305. The normalized spacial score (nSPS) is 17.5. The molecule has 3 unspecified atom stereocenters. The molecule has 1 fully saturated rings. The zero-order valence-electron chi connectivity index (χ0n) is 29.6. The molecule has 8 rings (SSSR count). The fourth-order valence-corrected chi connectivity index (χ4v) is 9.00. The minimum Gasteiger partial charge on any atom is -0.337 e. The van der Waals surface area contributed by atoms with E-state index in [1.54, 1.807) is 0 Å². The number of rotatable bonds is 7. The predicted molar refractivity (Wildman–Crippen MR) is 210 cm³/mol. The summed E-state index contributed by atoms with van der Waals surface area (Å²) in [6.45, 7) is 8.64. The standard InChI is InChI=1S/C47H39N5/c1-4-10-39-41-25-32(28-49)19-24-43(41)51(47(39)31(3)27-48)37-22-20-33(21-23-37)34-12-8-13-35(26-34)45-36(29-50)14-9-18-44(45)52-42-17-6-5-15-38(42)40-16-7-11-30(2)46(40)52/h5-6,8-9,12-15,17-26,30,40,46H,3-4,7,10-11,16H2,1-2H3. The van der Waals surface area contributed by atoms with E-state index >= 15 is 0 Å². The molecule has 0 amide bonds. The topological polar surface area (TPSA) is 79.5 Å². The summed E-state index contributed by atoms with van der Waals surface area (Å²) in [5.74, 6) is 1.02.